The van der Waals surface area contributed by atoms with Gasteiger partial charge in [0.1, 0.15) is 5.82 Å². The Kier molecular flexibility index (Phi) is 3.79. The Labute approximate surface area is 98.0 Å². The van der Waals surface area contributed by atoms with Gasteiger partial charge in [-0.2, -0.15) is 0 Å². The molecule has 1 aliphatic heterocycles. The molecule has 16 heavy (non-hydrogen) atoms. The maximum atomic E-state index is 11.0. The molecule has 0 bridgehead atoms. The zero-order valence-electron chi connectivity index (χ0n) is 8.98. The van der Waals surface area contributed by atoms with Crippen LogP contribution in [0.4, 0.5) is 0 Å². The van der Waals surface area contributed by atoms with E-state index >= 15 is 0 Å². The molecular formula is C9H15N5OS. The average molecular weight is 241 g/mol. The molecule has 0 fully saturated rings. The Balaban J connectivity index is 2.04. The minimum atomic E-state index is -0.198. The minimum Gasteiger partial charge on any atom is -0.306 e. The van der Waals surface area contributed by atoms with Crippen molar-refractivity contribution in [2.75, 3.05) is 5.75 Å². The summed E-state index contributed by atoms with van der Waals surface area (Å²) in [6, 6.07) is 0. The summed E-state index contributed by atoms with van der Waals surface area (Å²) in [6.45, 7) is 0.953. The highest BCUT2D eigenvalue weighted by Crippen LogP contribution is 2.21. The number of fused-ring (bicyclic) bond motifs is 1. The van der Waals surface area contributed by atoms with Gasteiger partial charge in [0.25, 0.3) is 0 Å². The third-order valence-electron chi connectivity index (χ3n) is 2.57. The third-order valence-corrected chi connectivity index (χ3v) is 3.54. The van der Waals surface area contributed by atoms with Gasteiger partial charge in [-0.05, 0) is 12.8 Å². The molecule has 0 saturated heterocycles. The molecule has 2 rings (SSSR count). The summed E-state index contributed by atoms with van der Waals surface area (Å²) in [4.78, 5) is 11.0. The molecule has 1 aliphatic rings. The van der Waals surface area contributed by atoms with Crippen LogP contribution in [0.2, 0.25) is 0 Å². The fourth-order valence-electron chi connectivity index (χ4n) is 1.74. The number of amides is 1. The molecule has 6 nitrogen and oxygen atoms in total. The number of aryl methyl sites for hydroxylation is 1. The van der Waals surface area contributed by atoms with Gasteiger partial charge in [-0.25, -0.2) is 5.84 Å². The number of aromatic nitrogens is 3. The van der Waals surface area contributed by atoms with E-state index in [2.05, 4.69) is 20.2 Å². The summed E-state index contributed by atoms with van der Waals surface area (Å²) >= 11 is 1.38. The first-order valence-electron chi connectivity index (χ1n) is 5.35. The van der Waals surface area contributed by atoms with E-state index in [1.165, 1.54) is 24.6 Å². The van der Waals surface area contributed by atoms with E-state index in [1.807, 2.05) is 0 Å². The van der Waals surface area contributed by atoms with Crippen LogP contribution in [0, 0.1) is 0 Å². The fraction of sp³-hybridized carbons (Fsp3) is 0.667. The van der Waals surface area contributed by atoms with Crippen molar-refractivity contribution in [3.8, 4) is 0 Å². The van der Waals surface area contributed by atoms with E-state index in [-0.39, 0.29) is 11.7 Å². The molecule has 0 aliphatic carbocycles. The molecule has 2 heterocycles. The Bertz CT molecular complexity index is 378. The summed E-state index contributed by atoms with van der Waals surface area (Å²) in [5, 5.41) is 9.07. The molecule has 0 radical (unpaired) electrons. The first-order chi connectivity index (χ1) is 7.81. The van der Waals surface area contributed by atoms with E-state index in [4.69, 9.17) is 5.84 Å². The molecule has 0 saturated carbocycles. The highest BCUT2D eigenvalue weighted by molar-refractivity contribution is 7.99. The summed E-state index contributed by atoms with van der Waals surface area (Å²) in [7, 11) is 0. The smallest absolute Gasteiger partial charge is 0.244 e. The van der Waals surface area contributed by atoms with Crippen molar-refractivity contribution in [2.45, 2.75) is 37.4 Å². The van der Waals surface area contributed by atoms with Gasteiger partial charge < -0.3 is 4.57 Å². The molecule has 0 atom stereocenters. The molecule has 88 valence electrons. The number of hydrazine groups is 1. The van der Waals surface area contributed by atoms with Crippen molar-refractivity contribution in [3.63, 3.8) is 0 Å². The van der Waals surface area contributed by atoms with Crippen LogP contribution in [0.3, 0.4) is 0 Å². The summed E-state index contributed by atoms with van der Waals surface area (Å²) in [5.41, 5.74) is 2.10. The zero-order chi connectivity index (χ0) is 11.4. The average Bonchev–Trinajstić information content (AvgIpc) is 2.54. The van der Waals surface area contributed by atoms with E-state index in [0.29, 0.717) is 0 Å². The van der Waals surface area contributed by atoms with Gasteiger partial charge in [-0.3, -0.25) is 10.2 Å². The maximum Gasteiger partial charge on any atom is 0.244 e. The number of hydrogen-bond acceptors (Lipinski definition) is 5. The lowest BCUT2D eigenvalue weighted by molar-refractivity contribution is -0.118. The predicted molar refractivity (Wildman–Crippen MR) is 60.6 cm³/mol. The molecule has 1 amide bonds. The van der Waals surface area contributed by atoms with Gasteiger partial charge in [-0.1, -0.05) is 18.2 Å². The largest absolute Gasteiger partial charge is 0.306 e. The molecule has 1 aromatic rings. The number of thioether (sulfide) groups is 1. The quantitative estimate of drug-likeness (QED) is 0.339. The lowest BCUT2D eigenvalue weighted by Crippen LogP contribution is -2.31. The van der Waals surface area contributed by atoms with Crippen molar-refractivity contribution in [2.24, 2.45) is 5.84 Å². The zero-order valence-corrected chi connectivity index (χ0v) is 9.79. The molecule has 1 aromatic heterocycles. The molecular weight excluding hydrogens is 226 g/mol. The normalized spacial score (nSPS) is 15.3. The van der Waals surface area contributed by atoms with Gasteiger partial charge in [0.2, 0.25) is 5.91 Å². The number of nitrogens with zero attached hydrogens (tertiary/aromatic N) is 3. The third kappa shape index (κ3) is 2.53. The molecule has 0 unspecified atom stereocenters. The van der Waals surface area contributed by atoms with Crippen LogP contribution < -0.4 is 11.3 Å². The molecule has 3 N–H and O–H groups in total. The second-order valence-electron chi connectivity index (χ2n) is 3.72. The second kappa shape index (κ2) is 5.31. The fourth-order valence-corrected chi connectivity index (χ4v) is 2.53. The lowest BCUT2D eigenvalue weighted by atomic mass is 10.2. The molecule has 7 heteroatoms. The van der Waals surface area contributed by atoms with Gasteiger partial charge >= 0.3 is 0 Å². The van der Waals surface area contributed by atoms with E-state index in [9.17, 15) is 4.79 Å². The first kappa shape index (κ1) is 11.4. The molecule has 0 spiro atoms. The Morgan fingerprint density at radius 1 is 1.44 bits per heavy atom. The molecule has 0 aromatic carbocycles. The van der Waals surface area contributed by atoms with Crippen molar-refractivity contribution in [3.05, 3.63) is 5.82 Å². The van der Waals surface area contributed by atoms with Crippen LogP contribution in [-0.4, -0.2) is 26.4 Å². The SMILES string of the molecule is NNC(=O)CSc1nnc2n1CCCCC2. The van der Waals surface area contributed by atoms with Crippen LogP contribution in [0.5, 0.6) is 0 Å². The predicted octanol–water partition coefficient (Wildman–Crippen LogP) is 0.0865. The minimum absolute atomic E-state index is 0.198. The van der Waals surface area contributed by atoms with Crippen molar-refractivity contribution >= 4 is 17.7 Å². The van der Waals surface area contributed by atoms with Crippen LogP contribution in [0.15, 0.2) is 5.16 Å². The maximum absolute atomic E-state index is 11.0. The van der Waals surface area contributed by atoms with Crippen LogP contribution in [-0.2, 0) is 17.8 Å². The van der Waals surface area contributed by atoms with Crippen LogP contribution >= 0.6 is 11.8 Å². The monoisotopic (exact) mass is 241 g/mol. The van der Waals surface area contributed by atoms with Crippen LogP contribution in [0.1, 0.15) is 25.1 Å². The van der Waals surface area contributed by atoms with E-state index in [0.717, 1.165) is 30.4 Å². The van der Waals surface area contributed by atoms with Crippen LogP contribution in [0.25, 0.3) is 0 Å². The summed E-state index contributed by atoms with van der Waals surface area (Å²) in [5.74, 6) is 6.14. The number of rotatable bonds is 3. The van der Waals surface area contributed by atoms with Crippen molar-refractivity contribution in [1.82, 2.24) is 20.2 Å². The first-order valence-corrected chi connectivity index (χ1v) is 6.34. The number of carbonyl (C=O) groups is 1. The standard InChI is InChI=1S/C9H15N5OS/c10-11-8(15)6-16-9-13-12-7-4-2-1-3-5-14(7)9/h1-6,10H2,(H,11,15). The highest BCUT2D eigenvalue weighted by Gasteiger charge is 2.15. The number of nitrogens with two attached hydrogens (primary N) is 1. The van der Waals surface area contributed by atoms with Gasteiger partial charge in [0, 0.05) is 13.0 Å². The van der Waals surface area contributed by atoms with E-state index in [1.54, 1.807) is 0 Å². The Morgan fingerprint density at radius 3 is 3.12 bits per heavy atom. The topological polar surface area (TPSA) is 85.8 Å². The van der Waals surface area contributed by atoms with E-state index < -0.39 is 0 Å². The van der Waals surface area contributed by atoms with Crippen molar-refractivity contribution in [1.29, 1.82) is 0 Å². The van der Waals surface area contributed by atoms with Gasteiger partial charge in [0.15, 0.2) is 5.16 Å². The van der Waals surface area contributed by atoms with Crippen molar-refractivity contribution < 1.29 is 4.79 Å². The highest BCUT2D eigenvalue weighted by atomic mass is 32.2. The van der Waals surface area contributed by atoms with Gasteiger partial charge in [-0.15, -0.1) is 10.2 Å². The number of nitrogens with one attached hydrogen (secondary N) is 1. The second-order valence-corrected chi connectivity index (χ2v) is 4.66. The number of carbonyl (C=O) groups excluding carboxylic acids is 1. The summed E-state index contributed by atoms with van der Waals surface area (Å²) in [6.07, 6.45) is 4.54. The summed E-state index contributed by atoms with van der Waals surface area (Å²) < 4.78 is 2.11. The Morgan fingerprint density at radius 2 is 2.31 bits per heavy atom. The number of hydrogen-bond donors (Lipinski definition) is 2. The Hall–Kier alpha value is -1.08. The lowest BCUT2D eigenvalue weighted by Gasteiger charge is -2.05. The van der Waals surface area contributed by atoms with Gasteiger partial charge in [0.05, 0.1) is 5.75 Å².